The van der Waals surface area contributed by atoms with Gasteiger partial charge in [-0.3, -0.25) is 4.79 Å². The Labute approximate surface area is 119 Å². The molecule has 0 amide bonds. The van der Waals surface area contributed by atoms with Crippen molar-refractivity contribution in [3.05, 3.63) is 35.4 Å². The zero-order chi connectivity index (χ0) is 15.0. The van der Waals surface area contributed by atoms with Gasteiger partial charge in [0.1, 0.15) is 5.78 Å². The number of benzene rings is 1. The Morgan fingerprint density at radius 1 is 1.20 bits per heavy atom. The van der Waals surface area contributed by atoms with Crippen LogP contribution in [0.2, 0.25) is 0 Å². The van der Waals surface area contributed by atoms with Crippen LogP contribution >= 0.6 is 0 Å². The zero-order valence-electron chi connectivity index (χ0n) is 12.0. The van der Waals surface area contributed by atoms with Gasteiger partial charge in [-0.25, -0.2) is 8.78 Å². The number of hydrogen-bond acceptors (Lipinski definition) is 2. The number of carbonyl (C=O) groups is 1. The molecular formula is C16H23F2NO. The number of nitrogens with two attached hydrogens (primary N) is 1. The Kier molecular flexibility index (Phi) is 7.37. The van der Waals surface area contributed by atoms with Crippen LogP contribution in [0.1, 0.15) is 44.6 Å². The summed E-state index contributed by atoms with van der Waals surface area (Å²) in [5.74, 6) is -1.23. The maximum Gasteiger partial charge on any atom is 0.159 e. The van der Waals surface area contributed by atoms with E-state index in [4.69, 9.17) is 5.73 Å². The molecule has 0 aromatic heterocycles. The topological polar surface area (TPSA) is 43.1 Å². The van der Waals surface area contributed by atoms with Crippen molar-refractivity contribution in [1.29, 1.82) is 0 Å². The molecule has 4 heteroatoms. The van der Waals surface area contributed by atoms with Gasteiger partial charge in [-0.05, 0) is 43.0 Å². The van der Waals surface area contributed by atoms with E-state index in [0.29, 0.717) is 24.4 Å². The highest BCUT2D eigenvalue weighted by atomic mass is 19.2. The smallest absolute Gasteiger partial charge is 0.159 e. The summed E-state index contributed by atoms with van der Waals surface area (Å²) in [5, 5.41) is 0. The lowest BCUT2D eigenvalue weighted by molar-refractivity contribution is -0.118. The molecule has 0 saturated heterocycles. The first-order valence-electron chi connectivity index (χ1n) is 7.22. The first kappa shape index (κ1) is 16.8. The number of ketones is 1. The van der Waals surface area contributed by atoms with Crippen molar-refractivity contribution in [3.8, 4) is 0 Å². The molecule has 0 aliphatic carbocycles. The molecular weight excluding hydrogens is 260 g/mol. The number of carbonyl (C=O) groups excluding carboxylic acids is 1. The van der Waals surface area contributed by atoms with Crippen LogP contribution in [0.5, 0.6) is 0 Å². The third-order valence-corrected chi connectivity index (χ3v) is 3.49. The Balaban J connectivity index is 2.44. The van der Waals surface area contributed by atoms with Gasteiger partial charge in [0.2, 0.25) is 0 Å². The number of hydrogen-bond donors (Lipinski definition) is 1. The van der Waals surface area contributed by atoms with Gasteiger partial charge in [-0.15, -0.1) is 0 Å². The molecule has 112 valence electrons. The largest absolute Gasteiger partial charge is 0.330 e. The lowest BCUT2D eigenvalue weighted by atomic mass is 9.92. The lowest BCUT2D eigenvalue weighted by Crippen LogP contribution is -2.12. The molecule has 0 radical (unpaired) electrons. The van der Waals surface area contributed by atoms with E-state index in [1.54, 1.807) is 0 Å². The molecule has 2 nitrogen and oxygen atoms in total. The fraction of sp³-hybridized carbons (Fsp3) is 0.562. The average Bonchev–Trinajstić information content (AvgIpc) is 2.41. The molecule has 0 aliphatic rings. The Morgan fingerprint density at radius 2 is 1.95 bits per heavy atom. The second-order valence-corrected chi connectivity index (χ2v) is 5.23. The van der Waals surface area contributed by atoms with Gasteiger partial charge < -0.3 is 5.73 Å². The van der Waals surface area contributed by atoms with Gasteiger partial charge >= 0.3 is 0 Å². The molecule has 0 heterocycles. The molecule has 0 bridgehead atoms. The minimum Gasteiger partial charge on any atom is -0.330 e. The summed E-state index contributed by atoms with van der Waals surface area (Å²) in [6.07, 6.45) is 4.57. The quantitative estimate of drug-likeness (QED) is 0.752. The Hall–Kier alpha value is -1.29. The third-order valence-electron chi connectivity index (χ3n) is 3.49. The predicted octanol–water partition coefficient (Wildman–Crippen LogP) is 3.62. The minimum atomic E-state index is -0.901. The fourth-order valence-corrected chi connectivity index (χ4v) is 2.41. The molecule has 1 aromatic rings. The van der Waals surface area contributed by atoms with Crippen molar-refractivity contribution in [1.82, 2.24) is 0 Å². The van der Waals surface area contributed by atoms with Gasteiger partial charge in [0.25, 0.3) is 0 Å². The zero-order valence-corrected chi connectivity index (χ0v) is 12.0. The van der Waals surface area contributed by atoms with E-state index in [9.17, 15) is 13.6 Å². The minimum absolute atomic E-state index is 0.0640. The van der Waals surface area contributed by atoms with Crippen molar-refractivity contribution in [2.75, 3.05) is 6.54 Å². The predicted molar refractivity (Wildman–Crippen MR) is 76.4 cm³/mol. The van der Waals surface area contributed by atoms with Crippen LogP contribution in [0.3, 0.4) is 0 Å². The van der Waals surface area contributed by atoms with Crippen LogP contribution in [-0.4, -0.2) is 12.3 Å². The lowest BCUT2D eigenvalue weighted by Gasteiger charge is -2.14. The van der Waals surface area contributed by atoms with E-state index < -0.39 is 11.6 Å². The van der Waals surface area contributed by atoms with Gasteiger partial charge in [0.05, 0.1) is 0 Å². The van der Waals surface area contributed by atoms with Crippen molar-refractivity contribution in [2.45, 2.75) is 45.4 Å². The van der Waals surface area contributed by atoms with E-state index >= 15 is 0 Å². The second-order valence-electron chi connectivity index (χ2n) is 5.23. The molecule has 1 rings (SSSR count). The summed E-state index contributed by atoms with van der Waals surface area (Å²) in [5.41, 5.74) is 6.09. The average molecular weight is 283 g/mol. The van der Waals surface area contributed by atoms with E-state index in [1.807, 2.05) is 0 Å². The molecule has 0 aliphatic heterocycles. The molecule has 0 saturated carbocycles. The maximum absolute atomic E-state index is 13.0. The van der Waals surface area contributed by atoms with E-state index in [-0.39, 0.29) is 12.2 Å². The van der Waals surface area contributed by atoms with Crippen LogP contribution in [-0.2, 0) is 11.2 Å². The summed E-state index contributed by atoms with van der Waals surface area (Å²) >= 11 is 0. The third kappa shape index (κ3) is 5.78. The van der Waals surface area contributed by atoms with Crippen LogP contribution in [0, 0.1) is 17.6 Å². The second kappa shape index (κ2) is 8.80. The summed E-state index contributed by atoms with van der Waals surface area (Å²) in [4.78, 5) is 11.9. The van der Waals surface area contributed by atoms with Crippen molar-refractivity contribution in [2.24, 2.45) is 11.7 Å². The molecule has 20 heavy (non-hydrogen) atoms. The molecule has 2 N–H and O–H groups in total. The number of Topliss-reactive ketones (excluding diaryl/α,β-unsaturated/α-hetero) is 1. The molecule has 1 unspecified atom stereocenters. The summed E-state index contributed by atoms with van der Waals surface area (Å²) in [7, 11) is 0. The maximum atomic E-state index is 13.0. The number of halogens is 2. The summed E-state index contributed by atoms with van der Waals surface area (Å²) in [6.45, 7) is 2.76. The van der Waals surface area contributed by atoms with Gasteiger partial charge in [-0.1, -0.05) is 25.8 Å². The SMILES string of the molecule is CCCC(CCN)CCC(=O)Cc1ccc(F)c(F)c1. The van der Waals surface area contributed by atoms with Crippen LogP contribution < -0.4 is 5.73 Å². The summed E-state index contributed by atoms with van der Waals surface area (Å²) in [6, 6.07) is 3.61. The van der Waals surface area contributed by atoms with Gasteiger partial charge in [-0.2, -0.15) is 0 Å². The highest BCUT2D eigenvalue weighted by Gasteiger charge is 2.11. The summed E-state index contributed by atoms with van der Waals surface area (Å²) < 4.78 is 25.8. The van der Waals surface area contributed by atoms with Crippen molar-refractivity contribution < 1.29 is 13.6 Å². The highest BCUT2D eigenvalue weighted by Crippen LogP contribution is 2.18. The molecule has 0 fully saturated rings. The van der Waals surface area contributed by atoms with E-state index in [0.717, 1.165) is 37.8 Å². The Morgan fingerprint density at radius 3 is 2.55 bits per heavy atom. The van der Waals surface area contributed by atoms with Crippen molar-refractivity contribution in [3.63, 3.8) is 0 Å². The molecule has 1 atom stereocenters. The first-order valence-corrected chi connectivity index (χ1v) is 7.22. The normalized spacial score (nSPS) is 12.4. The van der Waals surface area contributed by atoms with Crippen molar-refractivity contribution >= 4 is 5.78 Å². The standard InChI is InChI=1S/C16H23F2NO/c1-2-3-12(8-9-19)4-6-14(20)10-13-5-7-15(17)16(18)11-13/h5,7,11-12H,2-4,6,8-10,19H2,1H3. The van der Waals surface area contributed by atoms with Gasteiger partial charge in [0.15, 0.2) is 11.6 Å². The van der Waals surface area contributed by atoms with Gasteiger partial charge in [0, 0.05) is 12.8 Å². The number of rotatable bonds is 9. The van der Waals surface area contributed by atoms with E-state index in [2.05, 4.69) is 6.92 Å². The Bertz CT molecular complexity index is 428. The van der Waals surface area contributed by atoms with Crippen LogP contribution in [0.25, 0.3) is 0 Å². The first-order chi connectivity index (χ1) is 9.56. The monoisotopic (exact) mass is 283 g/mol. The van der Waals surface area contributed by atoms with E-state index in [1.165, 1.54) is 6.07 Å². The van der Waals surface area contributed by atoms with Crippen LogP contribution in [0.15, 0.2) is 18.2 Å². The van der Waals surface area contributed by atoms with Crippen LogP contribution in [0.4, 0.5) is 8.78 Å². The molecule has 0 spiro atoms. The molecule has 1 aromatic carbocycles. The highest BCUT2D eigenvalue weighted by molar-refractivity contribution is 5.80. The fourth-order valence-electron chi connectivity index (χ4n) is 2.41.